The highest BCUT2D eigenvalue weighted by atomic mass is 16.5. The molecule has 1 saturated heterocycles. The summed E-state index contributed by atoms with van der Waals surface area (Å²) < 4.78 is 21.3. The highest BCUT2D eigenvalue weighted by molar-refractivity contribution is 6.46. The summed E-state index contributed by atoms with van der Waals surface area (Å²) in [4.78, 5) is 28.2. The van der Waals surface area contributed by atoms with E-state index in [0.29, 0.717) is 29.2 Å². The number of ether oxygens (including phenoxy) is 4. The number of hydrogen-bond donors (Lipinski definition) is 1. The van der Waals surface area contributed by atoms with Gasteiger partial charge in [0.2, 0.25) is 0 Å². The highest BCUT2D eigenvalue weighted by Crippen LogP contribution is 2.42. The Morgan fingerprint density at radius 3 is 2.11 bits per heavy atom. The third-order valence-corrected chi connectivity index (χ3v) is 6.41. The van der Waals surface area contributed by atoms with Gasteiger partial charge in [0.05, 0.1) is 45.6 Å². The molecule has 0 bridgehead atoms. The number of benzene rings is 3. The normalized spacial score (nSPS) is 16.5. The molecule has 1 atom stereocenters. The van der Waals surface area contributed by atoms with Crippen molar-refractivity contribution in [3.05, 3.63) is 89.0 Å². The highest BCUT2D eigenvalue weighted by Gasteiger charge is 2.46. The van der Waals surface area contributed by atoms with Gasteiger partial charge in [-0.2, -0.15) is 0 Å². The number of hydrogen-bond acceptors (Lipinski definition) is 7. The molecule has 1 aliphatic rings. The van der Waals surface area contributed by atoms with E-state index in [1.54, 1.807) is 56.7 Å². The number of aliphatic hydroxyl groups excluding tert-OH is 1. The van der Waals surface area contributed by atoms with Crippen LogP contribution in [0.25, 0.3) is 5.76 Å². The second kappa shape index (κ2) is 11.1. The van der Waals surface area contributed by atoms with Gasteiger partial charge in [-0.15, -0.1) is 0 Å². The Balaban J connectivity index is 1.82. The molecule has 37 heavy (non-hydrogen) atoms. The zero-order valence-corrected chi connectivity index (χ0v) is 21.2. The zero-order valence-electron chi connectivity index (χ0n) is 21.2. The molecule has 0 aliphatic carbocycles. The second-order valence-corrected chi connectivity index (χ2v) is 8.43. The maximum absolute atomic E-state index is 13.4. The first-order valence-electron chi connectivity index (χ1n) is 11.7. The lowest BCUT2D eigenvalue weighted by Gasteiger charge is -2.26. The summed E-state index contributed by atoms with van der Waals surface area (Å²) in [5.74, 6) is 0.301. The van der Waals surface area contributed by atoms with E-state index in [0.717, 1.165) is 11.3 Å². The smallest absolute Gasteiger partial charge is 0.295 e. The number of ketones is 1. The second-order valence-electron chi connectivity index (χ2n) is 8.43. The molecule has 1 heterocycles. The molecule has 0 aromatic heterocycles. The van der Waals surface area contributed by atoms with Crippen molar-refractivity contribution in [2.24, 2.45) is 0 Å². The van der Waals surface area contributed by atoms with Crippen LogP contribution in [-0.4, -0.2) is 56.7 Å². The van der Waals surface area contributed by atoms with Crippen LogP contribution in [0.3, 0.4) is 0 Å². The van der Waals surface area contributed by atoms with Crippen molar-refractivity contribution >= 4 is 17.4 Å². The average molecular weight is 504 g/mol. The molecule has 4 rings (SSSR count). The van der Waals surface area contributed by atoms with Crippen LogP contribution in [0.2, 0.25) is 0 Å². The van der Waals surface area contributed by atoms with Gasteiger partial charge in [0.1, 0.15) is 28.8 Å². The molecule has 3 aromatic carbocycles. The number of amides is 1. The SMILES string of the molecule is COc1ccc(CCN2C(=O)C(=O)/C(=C(/O)c3cc(OC)ccc3OC)C2c2cccc(OC)c2)cc1. The van der Waals surface area contributed by atoms with E-state index >= 15 is 0 Å². The van der Waals surface area contributed by atoms with E-state index in [1.807, 2.05) is 24.3 Å². The molecule has 0 radical (unpaired) electrons. The predicted octanol–water partition coefficient (Wildman–Crippen LogP) is 4.39. The van der Waals surface area contributed by atoms with Gasteiger partial charge in [-0.05, 0) is 60.0 Å². The fraction of sp³-hybridized carbons (Fsp3) is 0.241. The minimum Gasteiger partial charge on any atom is -0.507 e. The number of methoxy groups -OCH3 is 4. The molecule has 192 valence electrons. The quantitative estimate of drug-likeness (QED) is 0.263. The van der Waals surface area contributed by atoms with Gasteiger partial charge < -0.3 is 29.0 Å². The van der Waals surface area contributed by atoms with Crippen LogP contribution in [0.4, 0.5) is 0 Å². The Labute approximate surface area is 215 Å². The number of nitrogens with zero attached hydrogens (tertiary/aromatic N) is 1. The summed E-state index contributed by atoms with van der Waals surface area (Å²) in [7, 11) is 6.10. The van der Waals surface area contributed by atoms with Crippen molar-refractivity contribution in [2.45, 2.75) is 12.5 Å². The lowest BCUT2D eigenvalue weighted by atomic mass is 9.94. The lowest BCUT2D eigenvalue weighted by Crippen LogP contribution is -2.31. The number of aliphatic hydroxyl groups is 1. The summed E-state index contributed by atoms with van der Waals surface area (Å²) in [6.07, 6.45) is 0.500. The predicted molar refractivity (Wildman–Crippen MR) is 138 cm³/mol. The number of carbonyl (C=O) groups is 2. The fourth-order valence-electron chi connectivity index (χ4n) is 4.45. The molecular formula is C29H29NO7. The van der Waals surface area contributed by atoms with Crippen molar-refractivity contribution in [3.63, 3.8) is 0 Å². The Hall–Kier alpha value is -4.46. The summed E-state index contributed by atoms with van der Waals surface area (Å²) >= 11 is 0. The molecular weight excluding hydrogens is 474 g/mol. The molecule has 1 amide bonds. The van der Waals surface area contributed by atoms with Gasteiger partial charge in [0.15, 0.2) is 0 Å². The van der Waals surface area contributed by atoms with E-state index in [-0.39, 0.29) is 23.4 Å². The number of likely N-dealkylation sites (tertiary alicyclic amines) is 1. The van der Waals surface area contributed by atoms with Gasteiger partial charge in [-0.25, -0.2) is 0 Å². The van der Waals surface area contributed by atoms with Crippen LogP contribution >= 0.6 is 0 Å². The summed E-state index contributed by atoms with van der Waals surface area (Å²) in [6.45, 7) is 0.255. The molecule has 1 aliphatic heterocycles. The van der Waals surface area contributed by atoms with Gasteiger partial charge in [-0.3, -0.25) is 9.59 Å². The summed E-state index contributed by atoms with van der Waals surface area (Å²) in [6, 6.07) is 18.7. The van der Waals surface area contributed by atoms with Crippen molar-refractivity contribution in [1.29, 1.82) is 0 Å². The van der Waals surface area contributed by atoms with Gasteiger partial charge in [0.25, 0.3) is 11.7 Å². The van der Waals surface area contributed by atoms with Crippen LogP contribution in [0.5, 0.6) is 23.0 Å². The molecule has 1 N–H and O–H groups in total. The Kier molecular flexibility index (Phi) is 7.67. The van der Waals surface area contributed by atoms with E-state index < -0.39 is 17.7 Å². The molecule has 8 heteroatoms. The standard InChI is InChI=1S/C29H29NO7/c1-34-20-10-8-18(9-11-20)14-15-30-26(19-6-5-7-21(16-19)35-2)25(28(32)29(30)33)27(31)23-17-22(36-3)12-13-24(23)37-4/h5-13,16-17,26,31H,14-15H2,1-4H3/b27-25+. The van der Waals surface area contributed by atoms with Crippen LogP contribution < -0.4 is 18.9 Å². The lowest BCUT2D eigenvalue weighted by molar-refractivity contribution is -0.139. The first-order valence-corrected chi connectivity index (χ1v) is 11.7. The number of carbonyl (C=O) groups excluding carboxylic acids is 2. The monoisotopic (exact) mass is 503 g/mol. The van der Waals surface area contributed by atoms with Gasteiger partial charge >= 0.3 is 0 Å². The zero-order chi connectivity index (χ0) is 26.5. The van der Waals surface area contributed by atoms with Crippen LogP contribution in [-0.2, 0) is 16.0 Å². The van der Waals surface area contributed by atoms with E-state index in [2.05, 4.69) is 0 Å². The Morgan fingerprint density at radius 2 is 1.46 bits per heavy atom. The molecule has 8 nitrogen and oxygen atoms in total. The van der Waals surface area contributed by atoms with Crippen LogP contribution in [0, 0.1) is 0 Å². The van der Waals surface area contributed by atoms with E-state index in [9.17, 15) is 14.7 Å². The third kappa shape index (κ3) is 5.09. The summed E-state index contributed by atoms with van der Waals surface area (Å²) in [5.41, 5.74) is 1.83. The van der Waals surface area contributed by atoms with E-state index in [4.69, 9.17) is 18.9 Å². The Morgan fingerprint density at radius 1 is 0.811 bits per heavy atom. The van der Waals surface area contributed by atoms with Crippen molar-refractivity contribution in [1.82, 2.24) is 4.90 Å². The molecule has 1 unspecified atom stereocenters. The van der Waals surface area contributed by atoms with Crippen LogP contribution in [0.15, 0.2) is 72.3 Å². The average Bonchev–Trinajstić information content (AvgIpc) is 3.20. The third-order valence-electron chi connectivity index (χ3n) is 6.41. The molecule has 0 spiro atoms. The maximum atomic E-state index is 13.4. The minimum absolute atomic E-state index is 0.0282. The largest absolute Gasteiger partial charge is 0.507 e. The Bertz CT molecular complexity index is 1330. The van der Waals surface area contributed by atoms with Gasteiger partial charge in [0, 0.05) is 6.54 Å². The topological polar surface area (TPSA) is 94.5 Å². The van der Waals surface area contributed by atoms with E-state index in [1.165, 1.54) is 19.1 Å². The van der Waals surface area contributed by atoms with Crippen molar-refractivity contribution in [2.75, 3.05) is 35.0 Å². The molecule has 0 saturated carbocycles. The fourth-order valence-corrected chi connectivity index (χ4v) is 4.45. The van der Waals surface area contributed by atoms with Crippen LogP contribution in [0.1, 0.15) is 22.7 Å². The van der Waals surface area contributed by atoms with Crippen molar-refractivity contribution < 1.29 is 33.6 Å². The first kappa shape index (κ1) is 25.6. The van der Waals surface area contributed by atoms with Gasteiger partial charge in [-0.1, -0.05) is 24.3 Å². The number of rotatable bonds is 9. The molecule has 1 fully saturated rings. The number of Topliss-reactive ketones (excluding diaryl/α,β-unsaturated/α-hetero) is 1. The first-order chi connectivity index (χ1) is 17.9. The molecule has 3 aromatic rings. The maximum Gasteiger partial charge on any atom is 0.295 e. The minimum atomic E-state index is -0.829. The van der Waals surface area contributed by atoms with Crippen molar-refractivity contribution in [3.8, 4) is 23.0 Å². The summed E-state index contributed by atoms with van der Waals surface area (Å²) in [5, 5.41) is 11.5.